The smallest absolute Gasteiger partial charge is 0.288 e. The summed E-state index contributed by atoms with van der Waals surface area (Å²) in [5.74, 6) is -0.556. The van der Waals surface area contributed by atoms with Crippen LogP contribution in [0.5, 0.6) is 0 Å². The van der Waals surface area contributed by atoms with Gasteiger partial charge < -0.3 is 5.32 Å². The van der Waals surface area contributed by atoms with E-state index in [-0.39, 0.29) is 12.0 Å². The highest BCUT2D eigenvalue weighted by Gasteiger charge is 2.38. The van der Waals surface area contributed by atoms with Gasteiger partial charge in [-0.3, -0.25) is 9.35 Å². The molecule has 130 valence electrons. The first-order chi connectivity index (χ1) is 10.1. The Labute approximate surface area is 135 Å². The molecule has 0 radical (unpaired) electrons. The van der Waals surface area contributed by atoms with E-state index in [0.29, 0.717) is 6.42 Å². The van der Waals surface area contributed by atoms with Crippen LogP contribution in [-0.4, -0.2) is 23.7 Å². The van der Waals surface area contributed by atoms with Gasteiger partial charge in [-0.05, 0) is 26.7 Å². The zero-order valence-electron chi connectivity index (χ0n) is 14.2. The maximum atomic E-state index is 11.7. The molecule has 0 rings (SSSR count). The van der Waals surface area contributed by atoms with Gasteiger partial charge in [0.25, 0.3) is 10.1 Å². The van der Waals surface area contributed by atoms with Crippen LogP contribution in [0.2, 0.25) is 0 Å². The van der Waals surface area contributed by atoms with Crippen LogP contribution in [0.15, 0.2) is 12.2 Å². The molecule has 2 N–H and O–H groups in total. The quantitative estimate of drug-likeness (QED) is 0.323. The summed E-state index contributed by atoms with van der Waals surface area (Å²) in [6, 6.07) is 0. The van der Waals surface area contributed by atoms with E-state index in [1.165, 1.54) is 39.5 Å². The predicted octanol–water partition coefficient (Wildman–Crippen LogP) is 3.81. The summed E-state index contributed by atoms with van der Waals surface area (Å²) >= 11 is 0. The first kappa shape index (κ1) is 21.1. The van der Waals surface area contributed by atoms with Crippen molar-refractivity contribution in [1.82, 2.24) is 5.32 Å². The van der Waals surface area contributed by atoms with Crippen LogP contribution in [0.25, 0.3) is 0 Å². The van der Waals surface area contributed by atoms with Crippen LogP contribution in [0.1, 0.15) is 78.6 Å². The van der Waals surface area contributed by atoms with Gasteiger partial charge in [-0.2, -0.15) is 8.42 Å². The molecule has 22 heavy (non-hydrogen) atoms. The van der Waals surface area contributed by atoms with E-state index < -0.39 is 20.9 Å². The summed E-state index contributed by atoms with van der Waals surface area (Å²) < 4.78 is 32.5. The highest BCUT2D eigenvalue weighted by molar-refractivity contribution is 7.87. The highest BCUT2D eigenvalue weighted by atomic mass is 32.2. The Balaban J connectivity index is 4.28. The van der Waals surface area contributed by atoms with Gasteiger partial charge >= 0.3 is 0 Å². The summed E-state index contributed by atoms with van der Waals surface area (Å²) in [5.41, 5.74) is 0.214. The van der Waals surface area contributed by atoms with Gasteiger partial charge in [0, 0.05) is 5.57 Å². The Kier molecular flexibility index (Phi) is 9.60. The van der Waals surface area contributed by atoms with Crippen LogP contribution < -0.4 is 5.32 Å². The number of unbranched alkanes of at least 4 members (excludes halogenated alkanes) is 7. The number of carbonyl (C=O) groups is 1. The minimum absolute atomic E-state index is 0.194. The first-order valence-electron chi connectivity index (χ1n) is 8.09. The van der Waals surface area contributed by atoms with Gasteiger partial charge in [0.1, 0.15) is 0 Å². The van der Waals surface area contributed by atoms with Crippen molar-refractivity contribution >= 4 is 16.0 Å². The van der Waals surface area contributed by atoms with Gasteiger partial charge in [0.2, 0.25) is 5.91 Å². The van der Waals surface area contributed by atoms with E-state index in [0.717, 1.165) is 19.3 Å². The second-order valence-electron chi connectivity index (χ2n) is 6.17. The molecule has 0 bridgehead atoms. The maximum Gasteiger partial charge on any atom is 0.288 e. The van der Waals surface area contributed by atoms with Crippen molar-refractivity contribution in [3.05, 3.63) is 12.2 Å². The summed E-state index contributed by atoms with van der Waals surface area (Å²) in [4.78, 5) is 10.0. The van der Waals surface area contributed by atoms with Gasteiger partial charge in [-0.15, -0.1) is 0 Å². The van der Waals surface area contributed by atoms with Crippen molar-refractivity contribution in [3.8, 4) is 0 Å². The molecule has 0 saturated heterocycles. The number of rotatable bonds is 12. The minimum Gasteiger partial charge on any atom is -0.332 e. The van der Waals surface area contributed by atoms with Crippen molar-refractivity contribution in [2.75, 3.05) is 0 Å². The lowest BCUT2D eigenvalue weighted by molar-refractivity contribution is -0.118. The van der Waals surface area contributed by atoms with Crippen LogP contribution in [0.4, 0.5) is 0 Å². The zero-order valence-corrected chi connectivity index (χ0v) is 15.0. The molecule has 0 aliphatic heterocycles. The molecule has 0 spiro atoms. The zero-order chi connectivity index (χ0) is 17.2. The summed E-state index contributed by atoms with van der Waals surface area (Å²) in [6.07, 6.45) is 8.83. The molecule has 1 atom stereocenters. The second kappa shape index (κ2) is 10.0. The van der Waals surface area contributed by atoms with E-state index in [1.807, 2.05) is 0 Å². The van der Waals surface area contributed by atoms with Crippen molar-refractivity contribution in [2.24, 2.45) is 0 Å². The van der Waals surface area contributed by atoms with E-state index in [2.05, 4.69) is 18.8 Å². The summed E-state index contributed by atoms with van der Waals surface area (Å²) in [5, 5.41) is 2.38. The SMILES string of the molecule is C=C(C)C(=O)NC(C)(CCCCCCCCCC)S(=O)(=O)O. The molecule has 1 unspecified atom stereocenters. The molecule has 0 aliphatic carbocycles. The Morgan fingerprint density at radius 1 is 1.09 bits per heavy atom. The van der Waals surface area contributed by atoms with Crippen LogP contribution in [0.3, 0.4) is 0 Å². The first-order valence-corrected chi connectivity index (χ1v) is 9.53. The van der Waals surface area contributed by atoms with Crippen LogP contribution in [-0.2, 0) is 14.9 Å². The van der Waals surface area contributed by atoms with E-state index in [4.69, 9.17) is 0 Å². The van der Waals surface area contributed by atoms with Crippen molar-refractivity contribution in [3.63, 3.8) is 0 Å². The minimum atomic E-state index is -4.37. The lowest BCUT2D eigenvalue weighted by atomic mass is 10.0. The molecule has 0 aromatic heterocycles. The average molecular weight is 333 g/mol. The molecule has 0 saturated carbocycles. The fraction of sp³-hybridized carbons (Fsp3) is 0.812. The molecule has 6 heteroatoms. The summed E-state index contributed by atoms with van der Waals surface area (Å²) in [6.45, 7) is 8.49. The molecule has 0 aliphatic rings. The molecule has 5 nitrogen and oxygen atoms in total. The van der Waals surface area contributed by atoms with Crippen molar-refractivity contribution in [1.29, 1.82) is 0 Å². The molecular formula is C16H31NO4S. The fourth-order valence-electron chi connectivity index (χ4n) is 2.20. The molecule has 0 fully saturated rings. The fourth-order valence-corrected chi connectivity index (χ4v) is 2.82. The monoisotopic (exact) mass is 333 g/mol. The number of nitrogens with one attached hydrogen (secondary N) is 1. The van der Waals surface area contributed by atoms with Crippen LogP contribution >= 0.6 is 0 Å². The molecular weight excluding hydrogens is 302 g/mol. The van der Waals surface area contributed by atoms with Gasteiger partial charge in [-0.1, -0.05) is 58.4 Å². The van der Waals surface area contributed by atoms with Gasteiger partial charge in [0.15, 0.2) is 4.87 Å². The summed E-state index contributed by atoms with van der Waals surface area (Å²) in [7, 11) is -4.37. The molecule has 0 aromatic rings. The third kappa shape index (κ3) is 7.94. The standard InChI is InChI=1S/C16H31NO4S/c1-5-6-7-8-9-10-11-12-13-16(4,22(19,20)21)17-15(18)14(2)3/h2,5-13H2,1,3-4H3,(H,17,18)(H,19,20,21). The normalized spacial score (nSPS) is 14.4. The number of amides is 1. The number of hydrogen-bond acceptors (Lipinski definition) is 3. The lowest BCUT2D eigenvalue weighted by Crippen LogP contribution is -2.52. The predicted molar refractivity (Wildman–Crippen MR) is 90.1 cm³/mol. The Hall–Kier alpha value is -0.880. The van der Waals surface area contributed by atoms with E-state index in [9.17, 15) is 17.8 Å². The largest absolute Gasteiger partial charge is 0.332 e. The van der Waals surface area contributed by atoms with Crippen molar-refractivity contribution < 1.29 is 17.8 Å². The number of hydrogen-bond donors (Lipinski definition) is 2. The second-order valence-corrected chi connectivity index (χ2v) is 8.02. The Morgan fingerprint density at radius 2 is 1.55 bits per heavy atom. The number of carbonyl (C=O) groups excluding carboxylic acids is 1. The van der Waals surface area contributed by atoms with Crippen LogP contribution in [0, 0.1) is 0 Å². The van der Waals surface area contributed by atoms with E-state index in [1.54, 1.807) is 0 Å². The maximum absolute atomic E-state index is 11.7. The van der Waals surface area contributed by atoms with Gasteiger partial charge in [0.05, 0.1) is 0 Å². The van der Waals surface area contributed by atoms with E-state index >= 15 is 0 Å². The average Bonchev–Trinajstić information content (AvgIpc) is 2.40. The Morgan fingerprint density at radius 3 is 1.95 bits per heavy atom. The van der Waals surface area contributed by atoms with Crippen molar-refractivity contribution in [2.45, 2.75) is 83.4 Å². The third-order valence-electron chi connectivity index (χ3n) is 3.84. The lowest BCUT2D eigenvalue weighted by Gasteiger charge is -2.27. The Bertz CT molecular complexity index is 459. The molecule has 0 aromatic carbocycles. The highest BCUT2D eigenvalue weighted by Crippen LogP contribution is 2.22. The topological polar surface area (TPSA) is 83.5 Å². The third-order valence-corrected chi connectivity index (χ3v) is 5.29. The van der Waals surface area contributed by atoms with Gasteiger partial charge in [-0.25, -0.2) is 0 Å². The molecule has 1 amide bonds. The molecule has 0 heterocycles.